The topological polar surface area (TPSA) is 79.6 Å². The van der Waals surface area contributed by atoms with Crippen LogP contribution in [-0.4, -0.2) is 31.1 Å². The van der Waals surface area contributed by atoms with E-state index in [9.17, 15) is 9.59 Å². The van der Waals surface area contributed by atoms with Gasteiger partial charge in [0.15, 0.2) is 0 Å². The number of carbonyl (C=O) groups is 2. The van der Waals surface area contributed by atoms with Crippen molar-refractivity contribution >= 4 is 29.2 Å². The quantitative estimate of drug-likeness (QED) is 0.467. The normalized spacial score (nSPS) is 17.4. The van der Waals surface area contributed by atoms with Crippen LogP contribution in [0.5, 0.6) is 5.75 Å². The minimum atomic E-state index is -0.954. The zero-order valence-electron chi connectivity index (χ0n) is 14.8. The van der Waals surface area contributed by atoms with Gasteiger partial charge in [-0.2, -0.15) is 5.26 Å². The Morgan fingerprint density at radius 1 is 1.44 bits per heavy atom. The van der Waals surface area contributed by atoms with Gasteiger partial charge in [0.25, 0.3) is 0 Å². The summed E-state index contributed by atoms with van der Waals surface area (Å²) < 4.78 is 10.6. The predicted molar refractivity (Wildman–Crippen MR) is 93.6 cm³/mol. The lowest BCUT2D eigenvalue weighted by Crippen LogP contribution is -2.41. The van der Waals surface area contributed by atoms with Gasteiger partial charge in [-0.15, -0.1) is 0 Å². The molecule has 25 heavy (non-hydrogen) atoms. The van der Waals surface area contributed by atoms with Crippen molar-refractivity contribution < 1.29 is 19.1 Å². The Morgan fingerprint density at radius 3 is 2.68 bits per heavy atom. The Hall–Kier alpha value is -2.26. The maximum Gasteiger partial charge on any atom is 0.319 e. The summed E-state index contributed by atoms with van der Waals surface area (Å²) in [4.78, 5) is 26.7. The van der Waals surface area contributed by atoms with E-state index in [1.165, 1.54) is 12.0 Å². The number of rotatable bonds is 3. The van der Waals surface area contributed by atoms with Crippen LogP contribution in [0.4, 0.5) is 5.69 Å². The number of methoxy groups -OCH3 is 1. The van der Waals surface area contributed by atoms with Crippen LogP contribution in [0, 0.1) is 17.2 Å². The number of nitriles is 1. The lowest BCUT2D eigenvalue weighted by Gasteiger charge is -2.26. The zero-order chi connectivity index (χ0) is 18.8. The summed E-state index contributed by atoms with van der Waals surface area (Å²) in [5.41, 5.74) is 0.641. The van der Waals surface area contributed by atoms with Crippen LogP contribution in [0.1, 0.15) is 32.8 Å². The summed E-state index contributed by atoms with van der Waals surface area (Å²) in [6, 6.07) is 5.32. The number of esters is 1. The van der Waals surface area contributed by atoms with Gasteiger partial charge in [-0.25, -0.2) is 0 Å². The number of hydrogen-bond donors (Lipinski definition) is 0. The summed E-state index contributed by atoms with van der Waals surface area (Å²) in [5.74, 6) is -1.57. The molecule has 1 aromatic rings. The van der Waals surface area contributed by atoms with Gasteiger partial charge in [0.1, 0.15) is 23.8 Å². The smallest absolute Gasteiger partial charge is 0.319 e. The van der Waals surface area contributed by atoms with Crippen molar-refractivity contribution in [1.29, 1.82) is 5.26 Å². The van der Waals surface area contributed by atoms with Gasteiger partial charge in [-0.1, -0.05) is 11.6 Å². The Balaban J connectivity index is 2.44. The van der Waals surface area contributed by atoms with E-state index in [0.29, 0.717) is 29.3 Å². The molecule has 0 bridgehead atoms. The Kier molecular flexibility index (Phi) is 5.58. The molecule has 1 aliphatic rings. The van der Waals surface area contributed by atoms with Gasteiger partial charge >= 0.3 is 5.97 Å². The monoisotopic (exact) mass is 364 g/mol. The molecular weight excluding hydrogens is 344 g/mol. The number of anilines is 1. The number of carbonyl (C=O) groups excluding carboxylic acids is 2. The molecule has 1 aliphatic heterocycles. The molecule has 0 aliphatic carbocycles. The number of nitrogens with zero attached hydrogens (tertiary/aromatic N) is 2. The summed E-state index contributed by atoms with van der Waals surface area (Å²) in [6.45, 7) is 5.07. The van der Waals surface area contributed by atoms with E-state index in [2.05, 4.69) is 0 Å². The maximum atomic E-state index is 12.9. The van der Waals surface area contributed by atoms with Crippen molar-refractivity contribution in [2.75, 3.05) is 18.6 Å². The minimum absolute atomic E-state index is 0.171. The largest absolute Gasteiger partial charge is 0.495 e. The lowest BCUT2D eigenvalue weighted by molar-refractivity contribution is -0.162. The molecule has 2 rings (SSSR count). The molecule has 6 nitrogen and oxygen atoms in total. The molecule has 1 atom stereocenters. The van der Waals surface area contributed by atoms with E-state index in [1.54, 1.807) is 32.9 Å². The van der Waals surface area contributed by atoms with Gasteiger partial charge in [0.05, 0.1) is 23.9 Å². The molecule has 0 spiro atoms. The highest BCUT2D eigenvalue weighted by Crippen LogP contribution is 2.37. The Labute approximate surface area is 152 Å². The standard InChI is InChI=1S/C18H21ClN2O4/c1-18(2,3)25-17(23)12-6-5-11-9-13(19)15(24-4)10-14(11)21(8-7-20)16(12)22/h9-10,12H,5-6,8H2,1-4H3. The Bertz CT molecular complexity index is 734. The SMILES string of the molecule is COc1cc2c(cc1Cl)CCC(C(=O)OC(C)(C)C)C(=O)N2CC#N. The fraction of sp³-hybridized carbons (Fsp3) is 0.500. The van der Waals surface area contributed by atoms with Crippen molar-refractivity contribution in [3.05, 3.63) is 22.7 Å². The van der Waals surface area contributed by atoms with Crippen LogP contribution in [0.25, 0.3) is 0 Å². The molecule has 1 unspecified atom stereocenters. The van der Waals surface area contributed by atoms with Crippen molar-refractivity contribution in [2.45, 2.75) is 39.2 Å². The summed E-state index contributed by atoms with van der Waals surface area (Å²) >= 11 is 6.18. The lowest BCUT2D eigenvalue weighted by atomic mass is 10.00. The third-order valence-corrected chi connectivity index (χ3v) is 4.13. The van der Waals surface area contributed by atoms with Gasteiger partial charge in [-0.05, 0) is 45.2 Å². The number of amides is 1. The van der Waals surface area contributed by atoms with Gasteiger partial charge in [-0.3, -0.25) is 14.5 Å². The Morgan fingerprint density at radius 2 is 2.12 bits per heavy atom. The second kappa shape index (κ2) is 7.32. The predicted octanol–water partition coefficient (Wildman–Crippen LogP) is 3.11. The molecule has 0 radical (unpaired) electrons. The first-order chi connectivity index (χ1) is 11.7. The fourth-order valence-corrected chi connectivity index (χ4v) is 3.01. The molecule has 1 heterocycles. The third kappa shape index (κ3) is 4.23. The van der Waals surface area contributed by atoms with Crippen LogP contribution in [-0.2, 0) is 20.7 Å². The minimum Gasteiger partial charge on any atom is -0.495 e. The number of ether oxygens (including phenoxy) is 2. The van der Waals surface area contributed by atoms with Crippen molar-refractivity contribution in [3.63, 3.8) is 0 Å². The van der Waals surface area contributed by atoms with E-state index in [1.807, 2.05) is 6.07 Å². The van der Waals surface area contributed by atoms with Crippen LogP contribution in [0.3, 0.4) is 0 Å². The first kappa shape index (κ1) is 19.1. The first-order valence-corrected chi connectivity index (χ1v) is 8.33. The van der Waals surface area contributed by atoms with Gasteiger partial charge in [0.2, 0.25) is 5.91 Å². The zero-order valence-corrected chi connectivity index (χ0v) is 15.5. The number of aryl methyl sites for hydroxylation is 1. The molecule has 7 heteroatoms. The average Bonchev–Trinajstić information content (AvgIpc) is 2.63. The van der Waals surface area contributed by atoms with Crippen molar-refractivity contribution in [3.8, 4) is 11.8 Å². The molecule has 0 saturated heterocycles. The summed E-state index contributed by atoms with van der Waals surface area (Å²) in [6.07, 6.45) is 0.766. The van der Waals surface area contributed by atoms with Crippen molar-refractivity contribution in [2.24, 2.45) is 5.92 Å². The van der Waals surface area contributed by atoms with E-state index in [-0.39, 0.29) is 6.54 Å². The molecule has 0 saturated carbocycles. The number of benzene rings is 1. The fourth-order valence-electron chi connectivity index (χ4n) is 2.75. The van der Waals surface area contributed by atoms with E-state index in [4.69, 9.17) is 26.3 Å². The second-order valence-electron chi connectivity index (χ2n) is 6.82. The number of hydrogen-bond acceptors (Lipinski definition) is 5. The maximum absolute atomic E-state index is 12.9. The second-order valence-corrected chi connectivity index (χ2v) is 7.23. The highest BCUT2D eigenvalue weighted by molar-refractivity contribution is 6.32. The highest BCUT2D eigenvalue weighted by atomic mass is 35.5. The van der Waals surface area contributed by atoms with Crippen LogP contribution < -0.4 is 9.64 Å². The van der Waals surface area contributed by atoms with Crippen LogP contribution in [0.15, 0.2) is 12.1 Å². The number of fused-ring (bicyclic) bond motifs is 1. The molecule has 0 aromatic heterocycles. The third-order valence-electron chi connectivity index (χ3n) is 3.83. The van der Waals surface area contributed by atoms with Crippen LogP contribution >= 0.6 is 11.6 Å². The van der Waals surface area contributed by atoms with Gasteiger partial charge in [0, 0.05) is 6.07 Å². The molecule has 0 fully saturated rings. The van der Waals surface area contributed by atoms with Crippen molar-refractivity contribution in [1.82, 2.24) is 0 Å². The molecule has 1 aromatic carbocycles. The first-order valence-electron chi connectivity index (χ1n) is 7.95. The van der Waals surface area contributed by atoms with E-state index in [0.717, 1.165) is 5.56 Å². The van der Waals surface area contributed by atoms with Gasteiger partial charge < -0.3 is 9.47 Å². The molecular formula is C18H21ClN2O4. The molecule has 134 valence electrons. The molecule has 1 amide bonds. The van der Waals surface area contributed by atoms with E-state index < -0.39 is 23.4 Å². The molecule has 0 N–H and O–H groups in total. The van der Waals surface area contributed by atoms with Crippen LogP contribution in [0.2, 0.25) is 5.02 Å². The number of halogens is 1. The highest BCUT2D eigenvalue weighted by Gasteiger charge is 2.38. The average molecular weight is 365 g/mol. The summed E-state index contributed by atoms with van der Waals surface area (Å²) in [7, 11) is 1.48. The van der Waals surface area contributed by atoms with E-state index >= 15 is 0 Å². The summed E-state index contributed by atoms with van der Waals surface area (Å²) in [5, 5.41) is 9.55.